The summed E-state index contributed by atoms with van der Waals surface area (Å²) in [6, 6.07) is 2.35. The summed E-state index contributed by atoms with van der Waals surface area (Å²) in [6.45, 7) is 0.818. The van der Waals surface area contributed by atoms with Gasteiger partial charge in [-0.1, -0.05) is 6.07 Å². The Kier molecular flexibility index (Phi) is 5.94. The van der Waals surface area contributed by atoms with Crippen molar-refractivity contribution < 1.29 is 22.4 Å². The summed E-state index contributed by atoms with van der Waals surface area (Å²) in [5.41, 5.74) is 5.57. The van der Waals surface area contributed by atoms with Crippen LogP contribution in [0.15, 0.2) is 24.5 Å². The fraction of sp³-hybridized carbons (Fsp3) is 0.522. The molecule has 5 rings (SSSR count). The van der Waals surface area contributed by atoms with Crippen LogP contribution in [0.1, 0.15) is 47.9 Å². The Bertz CT molecular complexity index is 1140. The van der Waals surface area contributed by atoms with Crippen LogP contribution in [0, 0.1) is 5.21 Å². The SMILES string of the molecule is Cn1ccc(N(C2CCOCC2)S(=O)(=O)[NH+]([O-])C(=O)Nc2c3c(cc4c2CCC4)CCC3)c1. The molecule has 1 aromatic heterocycles. The molecule has 2 aromatic rings. The number of aromatic nitrogens is 1. The fourth-order valence-electron chi connectivity index (χ4n) is 5.42. The van der Waals surface area contributed by atoms with Gasteiger partial charge in [-0.25, -0.2) is 9.10 Å². The van der Waals surface area contributed by atoms with Crippen molar-refractivity contribution in [2.45, 2.75) is 57.4 Å². The molecule has 0 radical (unpaired) electrons. The number of carbonyl (C=O) groups excluding carboxylic acids is 1. The molecule has 0 spiro atoms. The number of carbonyl (C=O) groups is 1. The number of benzene rings is 1. The van der Waals surface area contributed by atoms with Crippen LogP contribution in [-0.4, -0.2) is 38.3 Å². The summed E-state index contributed by atoms with van der Waals surface area (Å²) in [5.74, 6) is 0. The topological polar surface area (TPSA) is 108 Å². The third-order valence-corrected chi connectivity index (χ3v) is 8.66. The lowest BCUT2D eigenvalue weighted by Gasteiger charge is -2.35. The number of hydrogen-bond donors (Lipinski definition) is 2. The Labute approximate surface area is 194 Å². The third-order valence-electron chi connectivity index (χ3n) is 6.98. The molecule has 2 amide bonds. The highest BCUT2D eigenvalue weighted by Crippen LogP contribution is 2.38. The van der Waals surface area contributed by atoms with E-state index in [0.717, 1.165) is 54.0 Å². The maximum atomic E-state index is 13.5. The summed E-state index contributed by atoms with van der Waals surface area (Å²) in [7, 11) is -2.79. The van der Waals surface area contributed by atoms with Crippen molar-refractivity contribution in [3.05, 3.63) is 52.0 Å². The smallest absolute Gasteiger partial charge is 0.436 e. The molecule has 1 fully saturated rings. The lowest BCUT2D eigenvalue weighted by atomic mass is 9.99. The summed E-state index contributed by atoms with van der Waals surface area (Å²) in [4.78, 5) is 13.1. The Balaban J connectivity index is 1.45. The number of urea groups is 1. The molecule has 2 heterocycles. The van der Waals surface area contributed by atoms with Gasteiger partial charge in [-0.3, -0.25) is 5.32 Å². The van der Waals surface area contributed by atoms with Crippen molar-refractivity contribution in [3.8, 4) is 0 Å². The number of quaternary nitrogens is 1. The number of aryl methyl sites for hydroxylation is 3. The van der Waals surface area contributed by atoms with Crippen LogP contribution < -0.4 is 14.1 Å². The first kappa shape index (κ1) is 22.4. The number of hydroxylamine groups is 1. The van der Waals surface area contributed by atoms with Gasteiger partial charge in [-0.2, -0.15) is 12.9 Å². The highest BCUT2D eigenvalue weighted by Gasteiger charge is 2.40. The van der Waals surface area contributed by atoms with Gasteiger partial charge in [0.05, 0.1) is 17.4 Å². The Morgan fingerprint density at radius 1 is 1.15 bits per heavy atom. The van der Waals surface area contributed by atoms with E-state index >= 15 is 0 Å². The highest BCUT2D eigenvalue weighted by atomic mass is 32.2. The van der Waals surface area contributed by atoms with Crippen LogP contribution in [0.5, 0.6) is 0 Å². The van der Waals surface area contributed by atoms with Crippen molar-refractivity contribution in [1.29, 1.82) is 0 Å². The van der Waals surface area contributed by atoms with E-state index in [9.17, 15) is 18.4 Å². The van der Waals surface area contributed by atoms with Crippen LogP contribution in [0.25, 0.3) is 0 Å². The molecule has 0 bridgehead atoms. The maximum absolute atomic E-state index is 13.5. The van der Waals surface area contributed by atoms with Gasteiger partial charge in [0, 0.05) is 32.7 Å². The van der Waals surface area contributed by atoms with Crippen molar-refractivity contribution in [3.63, 3.8) is 0 Å². The molecule has 1 aliphatic heterocycles. The molecule has 1 saturated heterocycles. The van der Waals surface area contributed by atoms with E-state index in [-0.39, 0.29) is 0 Å². The number of anilines is 2. The van der Waals surface area contributed by atoms with Crippen molar-refractivity contribution in [1.82, 2.24) is 4.57 Å². The normalized spacial score (nSPS) is 19.2. The van der Waals surface area contributed by atoms with E-state index in [2.05, 4.69) is 11.4 Å². The van der Waals surface area contributed by atoms with Gasteiger partial charge in [0.15, 0.2) is 0 Å². The van der Waals surface area contributed by atoms with Crippen LogP contribution >= 0.6 is 0 Å². The van der Waals surface area contributed by atoms with Crippen LogP contribution in [0.3, 0.4) is 0 Å². The Morgan fingerprint density at radius 3 is 2.36 bits per heavy atom. The lowest BCUT2D eigenvalue weighted by Crippen LogP contribution is -3.14. The number of nitrogens with zero attached hydrogens (tertiary/aromatic N) is 2. The van der Waals surface area contributed by atoms with Gasteiger partial charge >= 0.3 is 16.2 Å². The predicted octanol–water partition coefficient (Wildman–Crippen LogP) is 1.85. The molecule has 0 saturated carbocycles. The quantitative estimate of drug-likeness (QED) is 0.643. The number of rotatable bonds is 5. The third kappa shape index (κ3) is 4.05. The molecular formula is C23H30N4O5S. The molecule has 9 nitrogen and oxygen atoms in total. The zero-order valence-electron chi connectivity index (χ0n) is 18.8. The van der Waals surface area contributed by atoms with E-state index in [1.807, 2.05) is 0 Å². The van der Waals surface area contributed by atoms with E-state index in [1.54, 1.807) is 30.1 Å². The van der Waals surface area contributed by atoms with Gasteiger partial charge < -0.3 is 14.5 Å². The predicted molar refractivity (Wildman–Crippen MR) is 124 cm³/mol. The molecule has 1 aromatic carbocycles. The second-order valence-corrected chi connectivity index (χ2v) is 10.9. The summed E-state index contributed by atoms with van der Waals surface area (Å²) < 4.78 is 33.8. The van der Waals surface area contributed by atoms with E-state index in [0.29, 0.717) is 37.4 Å². The first-order valence-corrected chi connectivity index (χ1v) is 13.1. The molecule has 2 aliphatic carbocycles. The molecule has 178 valence electrons. The fourth-order valence-corrected chi connectivity index (χ4v) is 6.88. The maximum Gasteiger partial charge on any atom is 0.436 e. The van der Waals surface area contributed by atoms with E-state index in [4.69, 9.17) is 4.74 Å². The zero-order valence-corrected chi connectivity index (χ0v) is 19.6. The Morgan fingerprint density at radius 2 is 1.79 bits per heavy atom. The number of ether oxygens (including phenoxy) is 1. The molecule has 2 N–H and O–H groups in total. The van der Waals surface area contributed by atoms with E-state index in [1.165, 1.54) is 11.1 Å². The Hall–Kier alpha value is -2.40. The first-order valence-electron chi connectivity index (χ1n) is 11.6. The van der Waals surface area contributed by atoms with Crippen LogP contribution in [0.2, 0.25) is 0 Å². The van der Waals surface area contributed by atoms with Crippen molar-refractivity contribution in [2.75, 3.05) is 22.8 Å². The molecular weight excluding hydrogens is 444 g/mol. The lowest BCUT2D eigenvalue weighted by molar-refractivity contribution is -0.604. The molecule has 33 heavy (non-hydrogen) atoms. The molecule has 3 aliphatic rings. The monoisotopic (exact) mass is 474 g/mol. The molecule has 1 unspecified atom stereocenters. The number of fused-ring (bicyclic) bond motifs is 2. The molecule has 10 heteroatoms. The number of hydrogen-bond acceptors (Lipinski definition) is 5. The second-order valence-electron chi connectivity index (χ2n) is 9.16. The van der Waals surface area contributed by atoms with Gasteiger partial charge in [0.2, 0.25) is 0 Å². The summed E-state index contributed by atoms with van der Waals surface area (Å²) in [6.07, 6.45) is 9.85. The summed E-state index contributed by atoms with van der Waals surface area (Å²) >= 11 is 0. The largest absolute Gasteiger partial charge is 0.608 e. The number of amides is 2. The van der Waals surface area contributed by atoms with Gasteiger partial charge in [-0.15, -0.1) is 0 Å². The molecule has 1 atom stereocenters. The number of nitrogens with one attached hydrogen (secondary N) is 2. The summed E-state index contributed by atoms with van der Waals surface area (Å²) in [5, 5.41) is 15.9. The van der Waals surface area contributed by atoms with Crippen LogP contribution in [-0.2, 0) is 47.7 Å². The zero-order chi connectivity index (χ0) is 23.2. The van der Waals surface area contributed by atoms with Gasteiger partial charge in [0.1, 0.15) is 0 Å². The highest BCUT2D eigenvalue weighted by molar-refractivity contribution is 7.86. The minimum absolute atomic E-state index is 0.382. The second kappa shape index (κ2) is 8.75. The minimum atomic E-state index is -4.57. The van der Waals surface area contributed by atoms with Crippen molar-refractivity contribution in [2.24, 2.45) is 7.05 Å². The minimum Gasteiger partial charge on any atom is -0.608 e. The average Bonchev–Trinajstić information content (AvgIpc) is 3.55. The van der Waals surface area contributed by atoms with Gasteiger partial charge in [-0.05, 0) is 79.7 Å². The average molecular weight is 475 g/mol. The van der Waals surface area contributed by atoms with Gasteiger partial charge in [0.25, 0.3) is 0 Å². The van der Waals surface area contributed by atoms with Crippen molar-refractivity contribution >= 4 is 27.6 Å². The standard InChI is InChI=1S/C23H30N4O5S/c1-25-11-8-19(15-25)26(18-9-12-32-13-10-18)33(30,31)27(29)23(28)24-22-20-6-2-4-16(20)14-17-5-3-7-21(17)22/h8,11,14-15,18,27H,2-7,9-10,12-13H2,1H3,(H,24,28). The van der Waals surface area contributed by atoms with Crippen LogP contribution in [0.4, 0.5) is 16.2 Å². The van der Waals surface area contributed by atoms with E-state index < -0.39 is 26.8 Å². The first-order chi connectivity index (χ1) is 15.9.